The summed E-state index contributed by atoms with van der Waals surface area (Å²) in [5.41, 5.74) is 7.46. The van der Waals surface area contributed by atoms with Gasteiger partial charge < -0.3 is 9.80 Å². The van der Waals surface area contributed by atoms with Crippen LogP contribution in [-0.2, 0) is 25.9 Å². The molecule has 1 aliphatic heterocycles. The second-order valence-corrected chi connectivity index (χ2v) is 9.48. The molecule has 0 spiro atoms. The fraction of sp³-hybridized carbons (Fsp3) is 0.379. The molecule has 3 nitrogen and oxygen atoms in total. The first-order valence-electron chi connectivity index (χ1n) is 12.1. The van der Waals surface area contributed by atoms with Crippen LogP contribution in [0.2, 0.25) is 0 Å². The zero-order chi connectivity index (χ0) is 21.8. The monoisotopic (exact) mass is 425 g/mol. The van der Waals surface area contributed by atoms with Gasteiger partial charge in [-0.2, -0.15) is 0 Å². The second kappa shape index (κ2) is 9.89. The minimum Gasteiger partial charge on any atom is -0.369 e. The molecule has 166 valence electrons. The summed E-state index contributed by atoms with van der Waals surface area (Å²) in [6.07, 6.45) is 3.57. The van der Waals surface area contributed by atoms with E-state index in [1.807, 2.05) is 0 Å². The van der Waals surface area contributed by atoms with Gasteiger partial charge in [0.2, 0.25) is 0 Å². The summed E-state index contributed by atoms with van der Waals surface area (Å²) in [4.78, 5) is 7.78. The van der Waals surface area contributed by atoms with Crippen molar-refractivity contribution in [2.45, 2.75) is 38.4 Å². The number of nitrogens with zero attached hydrogens (tertiary/aromatic N) is 3. The molecular formula is C29H35N3. The molecule has 0 saturated carbocycles. The molecule has 1 aliphatic carbocycles. The van der Waals surface area contributed by atoms with Gasteiger partial charge in [-0.25, -0.2) is 0 Å². The molecular weight excluding hydrogens is 390 g/mol. The van der Waals surface area contributed by atoms with E-state index in [2.05, 4.69) is 101 Å². The number of anilines is 1. The summed E-state index contributed by atoms with van der Waals surface area (Å²) in [6, 6.07) is 29.5. The van der Waals surface area contributed by atoms with E-state index in [1.165, 1.54) is 29.7 Å². The van der Waals surface area contributed by atoms with Crippen LogP contribution >= 0.6 is 0 Å². The van der Waals surface area contributed by atoms with Gasteiger partial charge in [-0.15, -0.1) is 0 Å². The van der Waals surface area contributed by atoms with E-state index in [-0.39, 0.29) is 0 Å². The fourth-order valence-corrected chi connectivity index (χ4v) is 5.36. The average molecular weight is 426 g/mol. The largest absolute Gasteiger partial charge is 0.369 e. The summed E-state index contributed by atoms with van der Waals surface area (Å²) >= 11 is 0. The van der Waals surface area contributed by atoms with Crippen molar-refractivity contribution in [2.24, 2.45) is 0 Å². The SMILES string of the molecule is CN1CCN(c2cccc3c2C[C@@H](N(Cc2ccccc2)Cc2ccccc2)CC3)CC1. The minimum atomic E-state index is 0.566. The third kappa shape index (κ3) is 4.90. The lowest BCUT2D eigenvalue weighted by molar-refractivity contribution is 0.162. The lowest BCUT2D eigenvalue weighted by Crippen LogP contribution is -2.45. The Morgan fingerprint density at radius 2 is 1.38 bits per heavy atom. The van der Waals surface area contributed by atoms with Crippen molar-refractivity contribution in [1.82, 2.24) is 9.80 Å². The molecule has 0 aromatic heterocycles. The number of hydrogen-bond acceptors (Lipinski definition) is 3. The van der Waals surface area contributed by atoms with Crippen LogP contribution < -0.4 is 4.90 Å². The van der Waals surface area contributed by atoms with Crippen LogP contribution in [-0.4, -0.2) is 49.1 Å². The van der Waals surface area contributed by atoms with Crippen molar-refractivity contribution in [3.63, 3.8) is 0 Å². The van der Waals surface area contributed by atoms with Gasteiger partial charge >= 0.3 is 0 Å². The molecule has 1 heterocycles. The quantitative estimate of drug-likeness (QED) is 0.550. The van der Waals surface area contributed by atoms with Gasteiger partial charge in [0.15, 0.2) is 0 Å². The molecule has 0 amide bonds. The van der Waals surface area contributed by atoms with E-state index in [9.17, 15) is 0 Å². The number of aryl methyl sites for hydroxylation is 1. The molecule has 3 aromatic carbocycles. The van der Waals surface area contributed by atoms with Crippen LogP contribution in [0.5, 0.6) is 0 Å². The van der Waals surface area contributed by atoms with Crippen molar-refractivity contribution in [1.29, 1.82) is 0 Å². The van der Waals surface area contributed by atoms with Gasteiger partial charge in [-0.05, 0) is 54.6 Å². The van der Waals surface area contributed by atoms with Gasteiger partial charge in [0.1, 0.15) is 0 Å². The predicted molar refractivity (Wildman–Crippen MR) is 134 cm³/mol. The first-order valence-corrected chi connectivity index (χ1v) is 12.1. The van der Waals surface area contributed by atoms with Crippen LogP contribution in [0.15, 0.2) is 78.9 Å². The second-order valence-electron chi connectivity index (χ2n) is 9.48. The average Bonchev–Trinajstić information content (AvgIpc) is 2.85. The maximum absolute atomic E-state index is 2.72. The third-order valence-electron chi connectivity index (χ3n) is 7.25. The highest BCUT2D eigenvalue weighted by atomic mass is 15.2. The lowest BCUT2D eigenvalue weighted by Gasteiger charge is -2.39. The molecule has 3 aromatic rings. The van der Waals surface area contributed by atoms with Crippen molar-refractivity contribution < 1.29 is 0 Å². The third-order valence-corrected chi connectivity index (χ3v) is 7.25. The van der Waals surface area contributed by atoms with Crippen molar-refractivity contribution in [3.05, 3.63) is 101 Å². The molecule has 1 atom stereocenters. The number of benzene rings is 3. The summed E-state index contributed by atoms with van der Waals surface area (Å²) in [5.74, 6) is 0. The van der Waals surface area contributed by atoms with E-state index >= 15 is 0 Å². The van der Waals surface area contributed by atoms with Gasteiger partial charge in [0, 0.05) is 51.0 Å². The summed E-state index contributed by atoms with van der Waals surface area (Å²) in [5, 5.41) is 0. The number of rotatable bonds is 6. The smallest absolute Gasteiger partial charge is 0.0403 e. The molecule has 32 heavy (non-hydrogen) atoms. The van der Waals surface area contributed by atoms with Crippen molar-refractivity contribution >= 4 is 5.69 Å². The van der Waals surface area contributed by atoms with E-state index in [1.54, 1.807) is 11.1 Å². The Hall–Kier alpha value is -2.62. The zero-order valence-electron chi connectivity index (χ0n) is 19.3. The number of fused-ring (bicyclic) bond motifs is 1. The van der Waals surface area contributed by atoms with Crippen LogP contribution in [0.1, 0.15) is 28.7 Å². The molecule has 0 N–H and O–H groups in total. The Kier molecular flexibility index (Phi) is 6.56. The molecule has 2 aliphatic rings. The Bertz CT molecular complexity index is 952. The first-order chi connectivity index (χ1) is 15.8. The molecule has 5 rings (SSSR count). The van der Waals surface area contributed by atoms with Gasteiger partial charge in [0.05, 0.1) is 0 Å². The molecule has 1 saturated heterocycles. The fourth-order valence-electron chi connectivity index (χ4n) is 5.36. The van der Waals surface area contributed by atoms with Crippen LogP contribution in [0.25, 0.3) is 0 Å². The van der Waals surface area contributed by atoms with Crippen molar-refractivity contribution in [2.75, 3.05) is 38.1 Å². The summed E-state index contributed by atoms with van der Waals surface area (Å²) < 4.78 is 0. The standard InChI is InChI=1S/C29H35N3/c1-30-17-19-31(20-18-30)29-14-8-13-26-15-16-27(21-28(26)29)32(22-24-9-4-2-5-10-24)23-25-11-6-3-7-12-25/h2-14,27H,15-23H2,1H3/t27-/m0/s1. The van der Waals surface area contributed by atoms with Gasteiger partial charge in [-0.3, -0.25) is 4.90 Å². The molecule has 0 unspecified atom stereocenters. The Labute approximate surface area is 193 Å². The van der Waals surface area contributed by atoms with Gasteiger partial charge in [-0.1, -0.05) is 72.8 Å². The molecule has 1 fully saturated rings. The van der Waals surface area contributed by atoms with E-state index in [4.69, 9.17) is 0 Å². The van der Waals surface area contributed by atoms with Crippen LogP contribution in [0.4, 0.5) is 5.69 Å². The number of piperazine rings is 1. The van der Waals surface area contributed by atoms with Crippen LogP contribution in [0.3, 0.4) is 0 Å². The molecule has 0 bridgehead atoms. The predicted octanol–water partition coefficient (Wildman–Crippen LogP) is 5.00. The van der Waals surface area contributed by atoms with Crippen LogP contribution in [0, 0.1) is 0 Å². The summed E-state index contributed by atoms with van der Waals surface area (Å²) in [6.45, 7) is 6.59. The Morgan fingerprint density at radius 1 is 0.750 bits per heavy atom. The van der Waals surface area contributed by atoms with E-state index in [0.29, 0.717) is 6.04 Å². The van der Waals surface area contributed by atoms with Crippen molar-refractivity contribution in [3.8, 4) is 0 Å². The highest BCUT2D eigenvalue weighted by Crippen LogP contribution is 2.34. The number of likely N-dealkylation sites (N-methyl/N-ethyl adjacent to an activating group) is 1. The molecule has 3 heteroatoms. The maximum Gasteiger partial charge on any atom is 0.0403 e. The zero-order valence-corrected chi connectivity index (χ0v) is 19.3. The summed E-state index contributed by atoms with van der Waals surface area (Å²) in [7, 11) is 2.23. The minimum absolute atomic E-state index is 0.566. The topological polar surface area (TPSA) is 9.72 Å². The normalized spacial score (nSPS) is 19.2. The maximum atomic E-state index is 2.72. The van der Waals surface area contributed by atoms with E-state index < -0.39 is 0 Å². The Morgan fingerprint density at radius 3 is 2.00 bits per heavy atom. The van der Waals surface area contributed by atoms with Gasteiger partial charge in [0.25, 0.3) is 0 Å². The first kappa shape index (κ1) is 21.2. The molecule has 0 radical (unpaired) electrons. The van der Waals surface area contributed by atoms with E-state index in [0.717, 1.165) is 45.7 Å². The number of hydrogen-bond donors (Lipinski definition) is 0. The highest BCUT2D eigenvalue weighted by molar-refractivity contribution is 5.58. The Balaban J connectivity index is 1.40. The lowest BCUT2D eigenvalue weighted by atomic mass is 9.85. The highest BCUT2D eigenvalue weighted by Gasteiger charge is 2.28.